The van der Waals surface area contributed by atoms with E-state index in [-0.39, 0.29) is 73.8 Å². The highest BCUT2D eigenvalue weighted by atomic mass is 32.2. The highest BCUT2D eigenvalue weighted by molar-refractivity contribution is 7.99. The number of ether oxygens (including phenoxy) is 3. The molecule has 0 radical (unpaired) electrons. The van der Waals surface area contributed by atoms with Crippen molar-refractivity contribution in [3.8, 4) is 11.8 Å². The van der Waals surface area contributed by atoms with E-state index in [1.54, 1.807) is 25.3 Å². The van der Waals surface area contributed by atoms with Crippen LogP contribution in [-0.4, -0.2) is 105 Å². The maximum Gasteiger partial charge on any atom is 0.508 e. The number of amides is 1. The predicted octanol–water partition coefficient (Wildman–Crippen LogP) is 6.62. The molecule has 0 saturated heterocycles. The van der Waals surface area contributed by atoms with Crippen molar-refractivity contribution < 1.29 is 48.4 Å². The van der Waals surface area contributed by atoms with Gasteiger partial charge in [-0.1, -0.05) is 65.7 Å². The van der Waals surface area contributed by atoms with Gasteiger partial charge < -0.3 is 51.8 Å². The van der Waals surface area contributed by atoms with Gasteiger partial charge in [-0.15, -0.1) is 5.92 Å². The van der Waals surface area contributed by atoms with E-state index in [4.69, 9.17) is 25.7 Å². The van der Waals surface area contributed by atoms with Gasteiger partial charge in [0.25, 0.3) is 6.47 Å². The molecule has 4 aliphatic carbocycles. The maximum atomic E-state index is 13.4. The number of carbonyl (C=O) groups excluding carboxylic acids is 5. The van der Waals surface area contributed by atoms with Crippen molar-refractivity contribution in [3.05, 3.63) is 77.8 Å². The van der Waals surface area contributed by atoms with Crippen LogP contribution in [0.5, 0.6) is 0 Å². The first kappa shape index (κ1) is 59.5. The zero-order chi connectivity index (χ0) is 53.9. The van der Waals surface area contributed by atoms with Gasteiger partial charge in [-0.3, -0.25) is 19.2 Å². The number of guanidine groups is 1. The summed E-state index contributed by atoms with van der Waals surface area (Å²) in [6.07, 6.45) is 7.92. The van der Waals surface area contributed by atoms with Crippen LogP contribution in [0.15, 0.2) is 65.8 Å². The number of allylic oxidation sites excluding steroid dienone is 4. The monoisotopic (exact) mass is 1030 g/mol. The van der Waals surface area contributed by atoms with Crippen LogP contribution in [0, 0.1) is 40.4 Å². The molecule has 1 aliphatic heterocycles. The Morgan fingerprint density at radius 1 is 1.10 bits per heavy atom. The second kappa shape index (κ2) is 27.8. The summed E-state index contributed by atoms with van der Waals surface area (Å²) in [5.74, 6) is 6.58. The van der Waals surface area contributed by atoms with Crippen LogP contribution in [0.3, 0.4) is 0 Å². The van der Waals surface area contributed by atoms with E-state index >= 15 is 0 Å². The molecule has 1 aromatic heterocycles. The Kier molecular flexibility index (Phi) is 22.7. The Morgan fingerprint density at radius 2 is 1.82 bits per heavy atom. The zero-order valence-electron chi connectivity index (χ0n) is 43.6. The summed E-state index contributed by atoms with van der Waals surface area (Å²) in [7, 11) is 0. The Bertz CT molecular complexity index is 2420. The Hall–Kier alpha value is -6.07. The van der Waals surface area contributed by atoms with Crippen LogP contribution in [0.25, 0.3) is 5.70 Å². The number of benzene rings is 1. The minimum atomic E-state index is -1.76. The number of carbonyl (C=O) groups is 5. The van der Waals surface area contributed by atoms with Crippen LogP contribution in [0.1, 0.15) is 124 Å². The minimum absolute atomic E-state index is 0.00616. The number of Topliss-reactive ketones (excluding diaryl/α,β-unsaturated/α-hetero) is 1. The van der Waals surface area contributed by atoms with Gasteiger partial charge >= 0.3 is 6.16 Å². The third-order valence-corrected chi connectivity index (χ3v) is 15.0. The number of hydrogen-bond donors (Lipinski definition) is 7. The molecule has 2 heterocycles. The number of aliphatic hydroxyl groups excluding tert-OH is 1. The average Bonchev–Trinajstić information content (AvgIpc) is 3.64. The van der Waals surface area contributed by atoms with Crippen LogP contribution in [-0.2, 0) is 39.9 Å². The normalized spacial score (nSPS) is 25.6. The summed E-state index contributed by atoms with van der Waals surface area (Å²) in [4.78, 5) is 73.3. The number of aromatic nitrogens is 2. The van der Waals surface area contributed by atoms with Crippen molar-refractivity contribution in [1.29, 1.82) is 0 Å². The fourth-order valence-corrected chi connectivity index (χ4v) is 11.3. The molecule has 7 rings (SSSR count). The standard InChI is InChI=1S/C33H48N2O10S.C17H16N6.2C2H6/c1-20(34)4-7-27(40)35-28(45-19-36)10-14-46-15-13-43-30(41)44-18-26(39)33(42)12-9-24-23-6-5-21-16-22(37)8-11-31(21,2)29(23)25(38)17-32(24,33)3;1-3-4-12-5-7-13(8-6-12)19-9-14-10-20-16-15(22-14)11(2)21-17(18)23-16;2*1-2/h8,11,16,19-20,23-25,28-29,38,42H,4-7,9-10,12-15,17-18,34H2,1-3H3,(H,35,40);5-8,10,19H,2,9H2,1H3,(H3,18,20,21,23);2*1-2H3. The lowest BCUT2D eigenvalue weighted by atomic mass is 9.46. The third kappa shape index (κ3) is 15.0. The van der Waals surface area contributed by atoms with Crippen LogP contribution >= 0.6 is 11.8 Å². The molecule has 2 aromatic rings. The van der Waals surface area contributed by atoms with E-state index < -0.39 is 47.3 Å². The fraction of sp³-hybridized carbons (Fsp3) is 0.556. The Morgan fingerprint density at radius 3 is 2.51 bits per heavy atom. The highest BCUT2D eigenvalue weighted by Gasteiger charge is 2.68. The van der Waals surface area contributed by atoms with E-state index in [2.05, 4.69) is 56.3 Å². The number of ketones is 2. The molecule has 3 saturated carbocycles. The van der Waals surface area contributed by atoms with E-state index in [0.717, 1.165) is 35.4 Å². The lowest BCUT2D eigenvalue weighted by molar-refractivity contribution is -0.179. The lowest BCUT2D eigenvalue weighted by Crippen LogP contribution is -2.61. The smallest absolute Gasteiger partial charge is 0.444 e. The lowest BCUT2D eigenvalue weighted by Gasteiger charge is -2.59. The number of thioether (sulfide) groups is 1. The largest absolute Gasteiger partial charge is 0.508 e. The van der Waals surface area contributed by atoms with Gasteiger partial charge in [0.2, 0.25) is 11.7 Å². The molecule has 73 heavy (non-hydrogen) atoms. The fourth-order valence-electron chi connectivity index (χ4n) is 10.6. The summed E-state index contributed by atoms with van der Waals surface area (Å²) >= 11 is 1.41. The topological polar surface area (TPSA) is 280 Å². The van der Waals surface area contributed by atoms with Gasteiger partial charge in [-0.2, -0.15) is 16.8 Å². The van der Waals surface area contributed by atoms with Crippen molar-refractivity contribution >= 4 is 65.0 Å². The Labute approximate surface area is 434 Å². The number of aliphatic hydroxyl groups is 2. The molecule has 3 fully saturated rings. The summed E-state index contributed by atoms with van der Waals surface area (Å²) in [5, 5.41) is 32.1. The second-order valence-corrected chi connectivity index (χ2v) is 19.8. The molecule has 19 heteroatoms. The molecule has 0 spiro atoms. The molecule has 398 valence electrons. The SMILES string of the molecule is C=C1NC(N)=Nc2ncc(CNc3ccc(C#CC)cc3)nc21.CC.CC.CC(N)CCC(=O)NC(CCSCCOC(=O)OCC(=O)C1(O)CCC2C3CCC4=CC(=O)C=CC4(C)C3C(O)CC21C)OC=O. The summed E-state index contributed by atoms with van der Waals surface area (Å²) in [6.45, 7) is 19.6. The molecular formula is C54H76N8O10S. The number of anilines is 1. The average molecular weight is 1030 g/mol. The molecular weight excluding hydrogens is 953 g/mol. The van der Waals surface area contributed by atoms with Gasteiger partial charge in [0.1, 0.15) is 17.9 Å². The molecule has 1 aromatic carbocycles. The zero-order valence-corrected chi connectivity index (χ0v) is 44.4. The van der Waals surface area contributed by atoms with Crippen molar-refractivity contribution in [2.75, 3.05) is 30.0 Å². The van der Waals surface area contributed by atoms with Gasteiger partial charge in [0.15, 0.2) is 30.4 Å². The number of nitrogens with two attached hydrogens (primary N) is 2. The Balaban J connectivity index is 0.000000356. The first-order valence-electron chi connectivity index (χ1n) is 25.2. The predicted molar refractivity (Wildman–Crippen MR) is 284 cm³/mol. The van der Waals surface area contributed by atoms with E-state index in [0.29, 0.717) is 54.5 Å². The number of nitrogens with zero attached hydrogens (tertiary/aromatic N) is 3. The van der Waals surface area contributed by atoms with Gasteiger partial charge in [0, 0.05) is 52.6 Å². The van der Waals surface area contributed by atoms with E-state index in [9.17, 15) is 34.2 Å². The number of nitrogens with one attached hydrogen (secondary N) is 3. The summed E-state index contributed by atoms with van der Waals surface area (Å²) < 4.78 is 15.1. The molecule has 5 aliphatic rings. The number of aliphatic imine (C=N–C) groups is 1. The van der Waals surface area contributed by atoms with Gasteiger partial charge in [-0.05, 0) is 106 Å². The first-order valence-corrected chi connectivity index (χ1v) is 26.4. The second-order valence-electron chi connectivity index (χ2n) is 18.6. The quantitative estimate of drug-likeness (QED) is 0.0272. The van der Waals surface area contributed by atoms with Crippen molar-refractivity contribution in [1.82, 2.24) is 20.6 Å². The number of hydrogen-bond acceptors (Lipinski definition) is 18. The van der Waals surface area contributed by atoms with Crippen molar-refractivity contribution in [2.45, 2.75) is 137 Å². The maximum absolute atomic E-state index is 13.4. The van der Waals surface area contributed by atoms with Gasteiger partial charge in [-0.25, -0.2) is 14.8 Å². The molecule has 9 unspecified atom stereocenters. The van der Waals surface area contributed by atoms with E-state index in [1.807, 2.05) is 71.9 Å². The number of fused-ring (bicyclic) bond motifs is 6. The molecule has 9 N–H and O–H groups in total. The molecule has 0 bridgehead atoms. The van der Waals surface area contributed by atoms with Crippen molar-refractivity contribution in [2.24, 2.45) is 45.0 Å². The van der Waals surface area contributed by atoms with Gasteiger partial charge in [0.05, 0.1) is 30.2 Å². The first-order chi connectivity index (χ1) is 34.9. The molecule has 9 atom stereocenters. The van der Waals surface area contributed by atoms with Crippen LogP contribution in [0.2, 0.25) is 0 Å². The number of rotatable bonds is 18. The highest BCUT2D eigenvalue weighted by Crippen LogP contribution is 2.67. The minimum Gasteiger partial charge on any atom is -0.444 e. The molecule has 18 nitrogen and oxygen atoms in total. The van der Waals surface area contributed by atoms with Crippen molar-refractivity contribution in [3.63, 3.8) is 0 Å². The summed E-state index contributed by atoms with van der Waals surface area (Å²) in [6, 6.07) is 7.80. The molecule has 1 amide bonds. The van der Waals surface area contributed by atoms with Crippen LogP contribution < -0.4 is 27.4 Å². The third-order valence-electron chi connectivity index (χ3n) is 14.0. The van der Waals surface area contributed by atoms with Crippen LogP contribution in [0.4, 0.5) is 16.3 Å². The van der Waals surface area contributed by atoms with E-state index in [1.165, 1.54) is 11.8 Å². The summed E-state index contributed by atoms with van der Waals surface area (Å²) in [5.41, 5.74) is 13.2.